The summed E-state index contributed by atoms with van der Waals surface area (Å²) in [6.45, 7) is 4.74. The molecule has 88 valence electrons. The maximum atomic E-state index is 9.00. The molecule has 16 heavy (non-hydrogen) atoms. The predicted octanol–water partition coefficient (Wildman–Crippen LogP) is 0.573. The zero-order valence-corrected chi connectivity index (χ0v) is 9.64. The van der Waals surface area contributed by atoms with Gasteiger partial charge in [-0.05, 0) is 26.0 Å². The Balaban J connectivity index is 3.00. The highest BCUT2D eigenvalue weighted by atomic mass is 16.3. The molecule has 5 nitrogen and oxygen atoms in total. The highest BCUT2D eigenvalue weighted by Gasteiger charge is 2.11. The first kappa shape index (κ1) is 12.4. The minimum absolute atomic E-state index is 0.0467. The molecule has 1 rings (SSSR count). The maximum absolute atomic E-state index is 9.00. The molecule has 0 aliphatic carbocycles. The van der Waals surface area contributed by atoms with E-state index in [4.69, 9.17) is 16.2 Å². The second-order valence-corrected chi connectivity index (χ2v) is 3.82. The van der Waals surface area contributed by atoms with Gasteiger partial charge in [0, 0.05) is 24.5 Å². The van der Waals surface area contributed by atoms with Crippen molar-refractivity contribution in [3.63, 3.8) is 0 Å². The summed E-state index contributed by atoms with van der Waals surface area (Å²) in [6, 6.07) is 3.88. The first-order valence-corrected chi connectivity index (χ1v) is 5.24. The van der Waals surface area contributed by atoms with Crippen LogP contribution in [-0.4, -0.2) is 35.1 Å². The third kappa shape index (κ3) is 2.93. The normalized spacial score (nSPS) is 10.5. The number of aliphatic hydroxyl groups excluding tert-OH is 1. The molecule has 0 fully saturated rings. The van der Waals surface area contributed by atoms with Gasteiger partial charge in [0.15, 0.2) is 0 Å². The third-order valence-corrected chi connectivity index (χ3v) is 2.32. The van der Waals surface area contributed by atoms with Crippen molar-refractivity contribution in [2.24, 2.45) is 5.73 Å². The van der Waals surface area contributed by atoms with Crippen LogP contribution in [0.4, 0.5) is 5.69 Å². The monoisotopic (exact) mass is 222 g/mol. The average Bonchev–Trinajstić information content (AvgIpc) is 2.25. The molecule has 4 N–H and O–H groups in total. The van der Waals surface area contributed by atoms with Crippen LogP contribution in [0.1, 0.15) is 19.5 Å². The molecule has 0 aromatic carbocycles. The molecule has 0 atom stereocenters. The number of aromatic nitrogens is 1. The predicted molar refractivity (Wildman–Crippen MR) is 64.8 cm³/mol. The minimum atomic E-state index is -0.0467. The van der Waals surface area contributed by atoms with Crippen LogP contribution >= 0.6 is 0 Å². The number of hydrogen-bond donors (Lipinski definition) is 3. The Morgan fingerprint density at radius 1 is 1.62 bits per heavy atom. The van der Waals surface area contributed by atoms with Gasteiger partial charge < -0.3 is 15.7 Å². The largest absolute Gasteiger partial charge is 0.395 e. The van der Waals surface area contributed by atoms with Crippen LogP contribution in [-0.2, 0) is 0 Å². The highest BCUT2D eigenvalue weighted by Crippen LogP contribution is 2.16. The number of hydrogen-bond acceptors (Lipinski definition) is 4. The fourth-order valence-corrected chi connectivity index (χ4v) is 1.54. The standard InChI is InChI=1S/C11H18N4O/c1-8(2)15(5-6-16)9-3-4-14-10(7-9)11(12)13/h3-4,7-8,16H,5-6H2,1-2H3,(H3,12,13). The molecule has 1 aromatic rings. The Hall–Kier alpha value is -1.62. The second-order valence-electron chi connectivity index (χ2n) is 3.82. The van der Waals surface area contributed by atoms with Crippen LogP contribution < -0.4 is 10.6 Å². The van der Waals surface area contributed by atoms with Crippen molar-refractivity contribution in [3.8, 4) is 0 Å². The van der Waals surface area contributed by atoms with E-state index >= 15 is 0 Å². The second kappa shape index (κ2) is 5.46. The highest BCUT2D eigenvalue weighted by molar-refractivity contribution is 5.93. The molecule has 0 unspecified atom stereocenters. The topological polar surface area (TPSA) is 86.2 Å². The van der Waals surface area contributed by atoms with E-state index in [9.17, 15) is 0 Å². The number of nitrogens with one attached hydrogen (secondary N) is 1. The fourth-order valence-electron chi connectivity index (χ4n) is 1.54. The molecule has 0 aliphatic heterocycles. The molecule has 0 spiro atoms. The van der Waals surface area contributed by atoms with Crippen LogP contribution in [0.15, 0.2) is 18.3 Å². The summed E-state index contributed by atoms with van der Waals surface area (Å²) in [7, 11) is 0. The summed E-state index contributed by atoms with van der Waals surface area (Å²) < 4.78 is 0. The van der Waals surface area contributed by atoms with Crippen molar-refractivity contribution < 1.29 is 5.11 Å². The molecule has 0 radical (unpaired) electrons. The van der Waals surface area contributed by atoms with Gasteiger partial charge in [-0.3, -0.25) is 10.4 Å². The number of pyridine rings is 1. The zero-order chi connectivity index (χ0) is 12.1. The van der Waals surface area contributed by atoms with Gasteiger partial charge >= 0.3 is 0 Å². The number of nitrogens with two attached hydrogens (primary N) is 1. The first-order valence-electron chi connectivity index (χ1n) is 5.24. The molecular formula is C11H18N4O. The lowest BCUT2D eigenvalue weighted by atomic mass is 10.2. The van der Waals surface area contributed by atoms with Crippen LogP contribution in [0.2, 0.25) is 0 Å². The third-order valence-electron chi connectivity index (χ3n) is 2.32. The molecule has 0 bridgehead atoms. The van der Waals surface area contributed by atoms with Crippen LogP contribution in [0.3, 0.4) is 0 Å². The van der Waals surface area contributed by atoms with Crippen molar-refractivity contribution in [3.05, 3.63) is 24.0 Å². The van der Waals surface area contributed by atoms with Gasteiger partial charge in [-0.1, -0.05) is 0 Å². The van der Waals surface area contributed by atoms with Crippen LogP contribution in [0, 0.1) is 5.41 Å². The summed E-state index contributed by atoms with van der Waals surface area (Å²) in [5.74, 6) is -0.0467. The Bertz CT molecular complexity index is 365. The molecular weight excluding hydrogens is 204 g/mol. The van der Waals surface area contributed by atoms with E-state index in [-0.39, 0.29) is 18.5 Å². The summed E-state index contributed by atoms with van der Waals surface area (Å²) in [5.41, 5.74) is 6.77. The van der Waals surface area contributed by atoms with Gasteiger partial charge in [0.1, 0.15) is 11.5 Å². The number of anilines is 1. The lowest BCUT2D eigenvalue weighted by Gasteiger charge is -2.28. The average molecular weight is 222 g/mol. The summed E-state index contributed by atoms with van der Waals surface area (Å²) in [6.07, 6.45) is 1.62. The number of rotatable bonds is 5. The number of amidine groups is 1. The van der Waals surface area contributed by atoms with Gasteiger partial charge in [0.05, 0.1) is 6.61 Å². The van der Waals surface area contributed by atoms with Crippen molar-refractivity contribution in [2.75, 3.05) is 18.1 Å². The van der Waals surface area contributed by atoms with Gasteiger partial charge in [-0.25, -0.2) is 0 Å². The Morgan fingerprint density at radius 2 is 2.31 bits per heavy atom. The summed E-state index contributed by atoms with van der Waals surface area (Å²) >= 11 is 0. The van der Waals surface area contributed by atoms with Crippen molar-refractivity contribution in [2.45, 2.75) is 19.9 Å². The SMILES string of the molecule is CC(C)N(CCO)c1ccnc(C(=N)N)c1. The molecule has 0 amide bonds. The van der Waals surface area contributed by atoms with Crippen LogP contribution in [0.5, 0.6) is 0 Å². The lowest BCUT2D eigenvalue weighted by Crippen LogP contribution is -2.33. The number of nitrogen functional groups attached to an aromatic ring is 1. The van der Waals surface area contributed by atoms with E-state index in [0.29, 0.717) is 12.2 Å². The smallest absolute Gasteiger partial charge is 0.141 e. The fraction of sp³-hybridized carbons (Fsp3) is 0.455. The van der Waals surface area contributed by atoms with Crippen molar-refractivity contribution >= 4 is 11.5 Å². The number of aliphatic hydroxyl groups is 1. The molecule has 5 heteroatoms. The zero-order valence-electron chi connectivity index (χ0n) is 9.64. The van der Waals surface area contributed by atoms with Crippen molar-refractivity contribution in [1.82, 2.24) is 4.98 Å². The lowest BCUT2D eigenvalue weighted by molar-refractivity contribution is 0.299. The number of nitrogens with zero attached hydrogens (tertiary/aromatic N) is 2. The Morgan fingerprint density at radius 3 is 2.81 bits per heavy atom. The van der Waals surface area contributed by atoms with E-state index in [2.05, 4.69) is 4.98 Å². The minimum Gasteiger partial charge on any atom is -0.395 e. The van der Waals surface area contributed by atoms with Gasteiger partial charge in [-0.15, -0.1) is 0 Å². The summed E-state index contributed by atoms with van der Waals surface area (Å²) in [5, 5.41) is 16.3. The van der Waals surface area contributed by atoms with E-state index < -0.39 is 0 Å². The van der Waals surface area contributed by atoms with Gasteiger partial charge in [0.2, 0.25) is 0 Å². The van der Waals surface area contributed by atoms with Gasteiger partial charge in [-0.2, -0.15) is 0 Å². The molecule has 0 aliphatic rings. The van der Waals surface area contributed by atoms with Gasteiger partial charge in [0.25, 0.3) is 0 Å². The van der Waals surface area contributed by atoms with Crippen molar-refractivity contribution in [1.29, 1.82) is 5.41 Å². The first-order chi connectivity index (χ1) is 7.56. The van der Waals surface area contributed by atoms with E-state index in [1.807, 2.05) is 24.8 Å². The van der Waals surface area contributed by atoms with E-state index in [1.165, 1.54) is 0 Å². The van der Waals surface area contributed by atoms with E-state index in [1.54, 1.807) is 12.3 Å². The van der Waals surface area contributed by atoms with Crippen LogP contribution in [0.25, 0.3) is 0 Å². The molecule has 1 aromatic heterocycles. The Kier molecular flexibility index (Phi) is 4.25. The maximum Gasteiger partial charge on any atom is 0.141 e. The molecule has 1 heterocycles. The Labute approximate surface area is 95.4 Å². The quantitative estimate of drug-likeness (QED) is 0.502. The van der Waals surface area contributed by atoms with E-state index in [0.717, 1.165) is 5.69 Å². The summed E-state index contributed by atoms with van der Waals surface area (Å²) in [4.78, 5) is 6.04. The molecule has 0 saturated carbocycles. The molecule has 0 saturated heterocycles.